The molecule has 0 aromatic rings. The standard InChI is InChI=1S/C52H4/c1-3-5-7-9-11-13-15-17-19-21-23-25-27-29-31-33-35-37-39-41-43-45-47-49-51-52-50-48-46-44-42-40-38-36-34-32-30-28-26-24-22-20-18-16-14-12-10-8-6-4-2/h1-2H2/q-2. The molecule has 214 valence electrons. The normalized spacial score (nSPS) is 3.92. The van der Waals surface area contributed by atoms with E-state index in [1.54, 1.807) is 0 Å². The van der Waals surface area contributed by atoms with Gasteiger partial charge in [0.05, 0.1) is 0 Å². The molecule has 0 radical (unpaired) electrons. The fraction of sp³-hybridized carbons (Fsp3) is 0. The van der Waals surface area contributed by atoms with Gasteiger partial charge in [0.2, 0.25) is 0 Å². The zero-order valence-corrected chi connectivity index (χ0v) is 26.4. The molecule has 0 aliphatic heterocycles. The lowest BCUT2D eigenvalue weighted by molar-refractivity contribution is 2.31. The predicted molar refractivity (Wildman–Crippen MR) is 205 cm³/mol. The minimum atomic E-state index is 2.37. The first-order valence-corrected chi connectivity index (χ1v) is 13.0. The topological polar surface area (TPSA) is 0 Å². The molecule has 0 aromatic carbocycles. The predicted octanol–water partition coefficient (Wildman–Crippen LogP) is 0.740. The minimum absolute atomic E-state index is 2.37. The van der Waals surface area contributed by atoms with Gasteiger partial charge in [-0.15, -0.1) is 11.8 Å². The summed E-state index contributed by atoms with van der Waals surface area (Å²) >= 11 is 0. The van der Waals surface area contributed by atoms with Crippen LogP contribution in [0.3, 0.4) is 0 Å². The van der Waals surface area contributed by atoms with E-state index in [4.69, 9.17) is 0 Å². The maximum atomic E-state index is 3.31. The Labute approximate surface area is 308 Å². The second-order valence-electron chi connectivity index (χ2n) is 6.35. The molecule has 0 fully saturated rings. The first-order valence-electron chi connectivity index (χ1n) is 13.0. The number of hydrogen-bond acceptors (Lipinski definition) is 0. The average molecular weight is 629 g/mol. The van der Waals surface area contributed by atoms with Crippen molar-refractivity contribution in [1.82, 2.24) is 0 Å². The quantitative estimate of drug-likeness (QED) is 0.275. The molecule has 0 nitrogen and oxygen atoms in total. The van der Waals surface area contributed by atoms with Gasteiger partial charge >= 0.3 is 0 Å². The van der Waals surface area contributed by atoms with Crippen molar-refractivity contribution < 1.29 is 0 Å². The monoisotopic (exact) mass is 628 g/mol. The lowest BCUT2D eigenvalue weighted by Gasteiger charge is -1.64. The molecule has 0 spiro atoms. The van der Waals surface area contributed by atoms with Crippen LogP contribution in [0.15, 0.2) is 0 Å². The third kappa shape index (κ3) is 38.7. The maximum Gasteiger partial charge on any atom is 0 e. The molecule has 0 heteroatoms. The molecular weight excluding hydrogens is 625 g/mol. The Bertz CT molecular complexity index is 2940. The van der Waals surface area contributed by atoms with Crippen molar-refractivity contribution >= 4 is 0 Å². The van der Waals surface area contributed by atoms with Crippen LogP contribution < -0.4 is 0 Å². The van der Waals surface area contributed by atoms with Gasteiger partial charge in [0.25, 0.3) is 0 Å². The Morgan fingerprint density at radius 1 is 0.0962 bits per heavy atom. The average Bonchev–Trinajstić information content (AvgIpc) is 3.16. The van der Waals surface area contributed by atoms with E-state index in [0.29, 0.717) is 0 Å². The molecule has 0 amide bonds. The Hall–Kier alpha value is -11.3. The molecule has 0 aliphatic carbocycles. The van der Waals surface area contributed by atoms with Gasteiger partial charge in [-0.05, 0) is 94.7 Å². The molecule has 0 atom stereocenters. The third-order valence-electron chi connectivity index (χ3n) is 3.11. The van der Waals surface area contributed by atoms with Crippen LogP contribution in [0, 0.1) is 310 Å². The smallest absolute Gasteiger partial charge is 0 e. The van der Waals surface area contributed by atoms with Gasteiger partial charge < -0.3 is 0 Å². The van der Waals surface area contributed by atoms with Crippen molar-refractivity contribution in [3.63, 3.8) is 0 Å². The van der Waals surface area contributed by atoms with Crippen molar-refractivity contribution in [2.75, 3.05) is 0 Å². The Kier molecular flexibility index (Phi) is 31.1. The van der Waals surface area contributed by atoms with Crippen LogP contribution >= 0.6 is 0 Å². The lowest BCUT2D eigenvalue weighted by Crippen LogP contribution is -1.57. The van der Waals surface area contributed by atoms with E-state index in [0.717, 1.165) is 0 Å². The molecule has 0 aromatic heterocycles. The molecule has 0 saturated heterocycles. The highest BCUT2D eigenvalue weighted by Gasteiger charge is 1.61. The molecule has 0 N–H and O–H groups in total. The van der Waals surface area contributed by atoms with Crippen LogP contribution in [0.25, 0.3) is 0 Å². The van der Waals surface area contributed by atoms with Gasteiger partial charge in [0.1, 0.15) is 0 Å². The van der Waals surface area contributed by atoms with Gasteiger partial charge in [-0.1, -0.05) is 0 Å². The highest BCUT2D eigenvalue weighted by molar-refractivity contribution is 5.51. The lowest BCUT2D eigenvalue weighted by atomic mass is 10.4. The SMILES string of the molecule is [CH2-]C#CC#CC#CC#CC#CC#CC#CC#CC#CC#CC#CC#CC#CC#CC#CC#CC#CC#CC#CC#CC#CC#CC#CC#CC#C[CH2-]. The largest absolute Gasteiger partial charge is 0.284 e. The number of rotatable bonds is 0. The Balaban J connectivity index is 4.56. The van der Waals surface area contributed by atoms with Gasteiger partial charge in [-0.25, -0.2) is 11.8 Å². The van der Waals surface area contributed by atoms with Crippen LogP contribution in [0.2, 0.25) is 0 Å². The summed E-state index contributed by atoms with van der Waals surface area (Å²) in [6.45, 7) is 6.63. The summed E-state index contributed by atoms with van der Waals surface area (Å²) in [7, 11) is 0. The first-order chi connectivity index (χ1) is 25.9. The fourth-order valence-corrected chi connectivity index (χ4v) is 1.53. The molecule has 0 bridgehead atoms. The maximum absolute atomic E-state index is 3.31. The van der Waals surface area contributed by atoms with Crippen LogP contribution in [0.5, 0.6) is 0 Å². The van der Waals surface area contributed by atoms with Crippen LogP contribution in [0.1, 0.15) is 0 Å². The highest BCUT2D eigenvalue weighted by Crippen LogP contribution is 1.62. The second-order valence-corrected chi connectivity index (χ2v) is 6.35. The minimum Gasteiger partial charge on any atom is -0.284 e. The highest BCUT2D eigenvalue weighted by atomic mass is 13.6. The summed E-state index contributed by atoms with van der Waals surface area (Å²) in [6, 6.07) is 0. The summed E-state index contributed by atoms with van der Waals surface area (Å²) in [5, 5.41) is 0. The summed E-state index contributed by atoms with van der Waals surface area (Å²) in [6.07, 6.45) is 0. The zero-order valence-electron chi connectivity index (χ0n) is 26.4. The molecular formula is C52H4-2. The molecule has 52 heavy (non-hydrogen) atoms. The summed E-state index contributed by atoms with van der Waals surface area (Å²) < 4.78 is 0. The van der Waals surface area contributed by atoms with E-state index in [2.05, 4.69) is 310 Å². The van der Waals surface area contributed by atoms with Crippen molar-refractivity contribution in [2.24, 2.45) is 0 Å². The molecule has 0 rings (SSSR count). The van der Waals surface area contributed by atoms with Crippen molar-refractivity contribution in [2.45, 2.75) is 0 Å². The van der Waals surface area contributed by atoms with Gasteiger partial charge in [-0.3, -0.25) is 11.8 Å². The summed E-state index contributed by atoms with van der Waals surface area (Å²) in [5.41, 5.74) is 0. The number of hydrogen-bond donors (Lipinski definition) is 0. The first kappa shape index (κ1) is 40.7. The molecule has 0 saturated carbocycles. The summed E-state index contributed by atoms with van der Waals surface area (Å²) in [5.74, 6) is 124. The fourth-order valence-electron chi connectivity index (χ4n) is 1.53. The Morgan fingerprint density at radius 2 is 0.154 bits per heavy atom. The Morgan fingerprint density at radius 3 is 0.212 bits per heavy atom. The second kappa shape index (κ2) is 39.7. The molecule has 0 unspecified atom stereocenters. The van der Waals surface area contributed by atoms with Gasteiger partial charge in [0, 0.05) is 166 Å². The molecule has 0 aliphatic rings. The van der Waals surface area contributed by atoms with E-state index in [1.165, 1.54) is 0 Å². The van der Waals surface area contributed by atoms with E-state index in [9.17, 15) is 0 Å². The van der Waals surface area contributed by atoms with Gasteiger partial charge in [-0.2, -0.15) is 13.8 Å². The zero-order chi connectivity index (χ0) is 37.4. The van der Waals surface area contributed by atoms with E-state index < -0.39 is 0 Å². The summed E-state index contributed by atoms with van der Waals surface area (Å²) in [4.78, 5) is 0. The van der Waals surface area contributed by atoms with E-state index in [1.807, 2.05) is 0 Å². The van der Waals surface area contributed by atoms with Crippen molar-refractivity contribution in [3.05, 3.63) is 13.8 Å². The molecule has 0 heterocycles. The van der Waals surface area contributed by atoms with Crippen LogP contribution in [0.4, 0.5) is 0 Å². The third-order valence-corrected chi connectivity index (χ3v) is 3.11. The van der Waals surface area contributed by atoms with Crippen molar-refractivity contribution in [3.8, 4) is 296 Å². The van der Waals surface area contributed by atoms with Crippen LogP contribution in [-0.2, 0) is 0 Å². The van der Waals surface area contributed by atoms with E-state index >= 15 is 0 Å². The van der Waals surface area contributed by atoms with Crippen LogP contribution in [-0.4, -0.2) is 0 Å². The van der Waals surface area contributed by atoms with Gasteiger partial charge in [0.15, 0.2) is 0 Å². The van der Waals surface area contributed by atoms with E-state index in [-0.39, 0.29) is 0 Å². The van der Waals surface area contributed by atoms with Crippen molar-refractivity contribution in [1.29, 1.82) is 0 Å².